The van der Waals surface area contributed by atoms with E-state index in [1.165, 1.54) is 11.1 Å². The Labute approximate surface area is 120 Å². The van der Waals surface area contributed by atoms with E-state index in [2.05, 4.69) is 47.2 Å². The van der Waals surface area contributed by atoms with Gasteiger partial charge in [-0.1, -0.05) is 42.5 Å². The molecular weight excluding hydrogens is 248 g/mol. The summed E-state index contributed by atoms with van der Waals surface area (Å²) in [5.41, 5.74) is 10.1. The number of nitrogens with zero attached hydrogens (tertiary/aromatic N) is 1. The Balaban J connectivity index is 1.57. The highest BCUT2D eigenvalue weighted by Gasteiger charge is 1.96. The zero-order valence-electron chi connectivity index (χ0n) is 11.9. The van der Waals surface area contributed by atoms with Crippen LogP contribution in [0.2, 0.25) is 0 Å². The third-order valence-electron chi connectivity index (χ3n) is 3.15. The van der Waals surface area contributed by atoms with Crippen molar-refractivity contribution in [3.05, 3.63) is 65.7 Å². The molecule has 0 spiro atoms. The van der Waals surface area contributed by atoms with Crippen LogP contribution in [0.15, 0.2) is 54.6 Å². The fraction of sp³-hybridized carbons (Fsp3) is 0.294. The number of hydrogen-bond donors (Lipinski definition) is 1. The van der Waals surface area contributed by atoms with Crippen molar-refractivity contribution in [2.45, 2.75) is 12.8 Å². The Morgan fingerprint density at radius 1 is 0.900 bits per heavy atom. The summed E-state index contributed by atoms with van der Waals surface area (Å²) in [5.74, 6) is 0.895. The molecule has 0 aliphatic rings. The zero-order valence-corrected chi connectivity index (χ0v) is 11.9. The Morgan fingerprint density at radius 3 is 2.30 bits per heavy atom. The lowest BCUT2D eigenvalue weighted by atomic mass is 10.1. The van der Waals surface area contributed by atoms with Gasteiger partial charge in [-0.05, 0) is 36.1 Å². The molecule has 0 saturated carbocycles. The minimum atomic E-state index is 0.793. The lowest BCUT2D eigenvalue weighted by molar-refractivity contribution is 0.414. The summed E-state index contributed by atoms with van der Waals surface area (Å²) < 4.78 is 5.13. The minimum absolute atomic E-state index is 0.793. The molecular formula is C17H21N2O. The summed E-state index contributed by atoms with van der Waals surface area (Å²) in [7, 11) is 1.68. The van der Waals surface area contributed by atoms with Crippen LogP contribution in [0, 0.1) is 0 Å². The largest absolute Gasteiger partial charge is 0.497 e. The molecule has 1 N–H and O–H groups in total. The SMILES string of the molecule is COc1ccc(CC[N]NCCc2ccccc2)cc1. The highest BCUT2D eigenvalue weighted by Crippen LogP contribution is 2.11. The Kier molecular flexibility index (Phi) is 6.08. The van der Waals surface area contributed by atoms with Crippen molar-refractivity contribution in [2.24, 2.45) is 0 Å². The second kappa shape index (κ2) is 8.35. The number of rotatable bonds is 8. The summed E-state index contributed by atoms with van der Waals surface area (Å²) in [6.07, 6.45) is 1.95. The maximum absolute atomic E-state index is 5.13. The first-order chi connectivity index (χ1) is 9.88. The van der Waals surface area contributed by atoms with Crippen molar-refractivity contribution in [1.29, 1.82) is 0 Å². The van der Waals surface area contributed by atoms with Crippen molar-refractivity contribution in [1.82, 2.24) is 10.9 Å². The van der Waals surface area contributed by atoms with Crippen molar-refractivity contribution < 1.29 is 4.74 Å². The third-order valence-corrected chi connectivity index (χ3v) is 3.15. The van der Waals surface area contributed by atoms with Gasteiger partial charge in [0.25, 0.3) is 0 Å². The van der Waals surface area contributed by atoms with Gasteiger partial charge in [0, 0.05) is 13.1 Å². The predicted molar refractivity (Wildman–Crippen MR) is 81.8 cm³/mol. The first-order valence-corrected chi connectivity index (χ1v) is 6.94. The summed E-state index contributed by atoms with van der Waals surface area (Å²) in [6, 6.07) is 18.6. The van der Waals surface area contributed by atoms with E-state index in [-0.39, 0.29) is 0 Å². The summed E-state index contributed by atoms with van der Waals surface area (Å²) in [4.78, 5) is 0. The summed E-state index contributed by atoms with van der Waals surface area (Å²) in [5, 5.41) is 0. The van der Waals surface area contributed by atoms with E-state index in [0.717, 1.165) is 31.7 Å². The van der Waals surface area contributed by atoms with Crippen LogP contribution >= 0.6 is 0 Å². The van der Waals surface area contributed by atoms with Crippen LogP contribution in [0.1, 0.15) is 11.1 Å². The molecule has 3 nitrogen and oxygen atoms in total. The van der Waals surface area contributed by atoms with Gasteiger partial charge < -0.3 is 4.74 Å². The van der Waals surface area contributed by atoms with Gasteiger partial charge >= 0.3 is 0 Å². The molecule has 3 heteroatoms. The molecule has 0 unspecified atom stereocenters. The maximum Gasteiger partial charge on any atom is 0.118 e. The molecule has 0 saturated heterocycles. The Bertz CT molecular complexity index is 482. The molecule has 20 heavy (non-hydrogen) atoms. The van der Waals surface area contributed by atoms with Crippen LogP contribution in [0.5, 0.6) is 5.75 Å². The quantitative estimate of drug-likeness (QED) is 0.590. The molecule has 0 bridgehead atoms. The van der Waals surface area contributed by atoms with Crippen LogP contribution in [0.25, 0.3) is 0 Å². The van der Waals surface area contributed by atoms with Gasteiger partial charge in [0.2, 0.25) is 0 Å². The number of methoxy groups -OCH3 is 1. The molecule has 0 heterocycles. The molecule has 0 amide bonds. The van der Waals surface area contributed by atoms with E-state index in [9.17, 15) is 0 Å². The number of hydrogen-bond acceptors (Lipinski definition) is 2. The normalized spacial score (nSPS) is 10.4. The average molecular weight is 269 g/mol. The molecule has 0 aliphatic carbocycles. The maximum atomic E-state index is 5.13. The first-order valence-electron chi connectivity index (χ1n) is 6.94. The zero-order chi connectivity index (χ0) is 14.0. The van der Waals surface area contributed by atoms with Crippen LogP contribution in [0.4, 0.5) is 0 Å². The number of ether oxygens (including phenoxy) is 1. The van der Waals surface area contributed by atoms with Gasteiger partial charge in [-0.15, -0.1) is 0 Å². The molecule has 0 fully saturated rings. The fourth-order valence-electron chi connectivity index (χ4n) is 1.98. The topological polar surface area (TPSA) is 35.4 Å². The summed E-state index contributed by atoms with van der Waals surface area (Å²) in [6.45, 7) is 1.67. The minimum Gasteiger partial charge on any atom is -0.497 e. The molecule has 2 aromatic rings. The predicted octanol–water partition coefficient (Wildman–Crippen LogP) is 2.59. The molecule has 2 aromatic carbocycles. The fourth-order valence-corrected chi connectivity index (χ4v) is 1.98. The van der Waals surface area contributed by atoms with Crippen LogP contribution < -0.4 is 15.6 Å². The molecule has 105 valence electrons. The van der Waals surface area contributed by atoms with E-state index >= 15 is 0 Å². The molecule has 1 radical (unpaired) electrons. The number of benzene rings is 2. The van der Waals surface area contributed by atoms with Crippen molar-refractivity contribution >= 4 is 0 Å². The van der Waals surface area contributed by atoms with Gasteiger partial charge in [0.1, 0.15) is 5.75 Å². The van der Waals surface area contributed by atoms with E-state index in [0.29, 0.717) is 0 Å². The van der Waals surface area contributed by atoms with Gasteiger partial charge in [-0.2, -0.15) is 5.43 Å². The number of nitrogens with one attached hydrogen (secondary N) is 1. The molecule has 0 atom stereocenters. The van der Waals surface area contributed by atoms with E-state index in [4.69, 9.17) is 4.74 Å². The monoisotopic (exact) mass is 269 g/mol. The summed E-state index contributed by atoms with van der Waals surface area (Å²) >= 11 is 0. The second-order valence-corrected chi connectivity index (χ2v) is 4.62. The van der Waals surface area contributed by atoms with Crippen LogP contribution in [-0.2, 0) is 12.8 Å². The van der Waals surface area contributed by atoms with Gasteiger partial charge in [-0.25, -0.2) is 5.43 Å². The second-order valence-electron chi connectivity index (χ2n) is 4.62. The molecule has 2 rings (SSSR count). The van der Waals surface area contributed by atoms with Crippen LogP contribution in [-0.4, -0.2) is 20.2 Å². The van der Waals surface area contributed by atoms with Crippen molar-refractivity contribution in [3.8, 4) is 5.75 Å². The highest BCUT2D eigenvalue weighted by atomic mass is 16.5. The Hall–Kier alpha value is -1.84. The highest BCUT2D eigenvalue weighted by molar-refractivity contribution is 5.27. The van der Waals surface area contributed by atoms with Crippen molar-refractivity contribution in [3.63, 3.8) is 0 Å². The first kappa shape index (κ1) is 14.6. The average Bonchev–Trinajstić information content (AvgIpc) is 2.52. The Morgan fingerprint density at radius 2 is 1.60 bits per heavy atom. The lowest BCUT2D eigenvalue weighted by Crippen LogP contribution is -2.28. The lowest BCUT2D eigenvalue weighted by Gasteiger charge is -2.06. The van der Waals surface area contributed by atoms with Gasteiger partial charge in [-0.3, -0.25) is 0 Å². The standard InChI is InChI=1S/C17H21N2O/c1-20-17-9-7-16(8-10-17)12-14-19-18-13-11-15-5-3-2-4-6-15/h2-10,18H,11-14H2,1H3. The van der Waals surface area contributed by atoms with E-state index in [1.807, 2.05) is 18.2 Å². The van der Waals surface area contributed by atoms with Crippen molar-refractivity contribution in [2.75, 3.05) is 20.2 Å². The van der Waals surface area contributed by atoms with Gasteiger partial charge in [0.05, 0.1) is 7.11 Å². The third kappa shape index (κ3) is 5.03. The molecule has 0 aliphatic heterocycles. The van der Waals surface area contributed by atoms with E-state index < -0.39 is 0 Å². The smallest absolute Gasteiger partial charge is 0.118 e. The molecule has 0 aromatic heterocycles. The van der Waals surface area contributed by atoms with Crippen LogP contribution in [0.3, 0.4) is 0 Å². The van der Waals surface area contributed by atoms with E-state index in [1.54, 1.807) is 7.11 Å². The van der Waals surface area contributed by atoms with Gasteiger partial charge in [0.15, 0.2) is 0 Å².